The van der Waals surface area contributed by atoms with Crippen LogP contribution < -0.4 is 10.6 Å². The maximum atomic E-state index is 11.9. The van der Waals surface area contributed by atoms with Crippen LogP contribution in [0, 0.1) is 5.92 Å². The minimum absolute atomic E-state index is 0. The summed E-state index contributed by atoms with van der Waals surface area (Å²) in [5.74, 6) is 0.586. The molecule has 5 nitrogen and oxygen atoms in total. The zero-order valence-electron chi connectivity index (χ0n) is 11.4. The molecule has 0 aliphatic carbocycles. The number of anilines is 1. The van der Waals surface area contributed by atoms with Crippen molar-refractivity contribution in [3.05, 3.63) is 36.9 Å². The van der Waals surface area contributed by atoms with Crippen LogP contribution in [0.4, 0.5) is 5.69 Å². The number of hydrogen-bond acceptors (Lipinski definition) is 4. The summed E-state index contributed by atoms with van der Waals surface area (Å²) in [5, 5.41) is 5.87. The van der Waals surface area contributed by atoms with Crippen molar-refractivity contribution in [2.24, 2.45) is 5.92 Å². The summed E-state index contributed by atoms with van der Waals surface area (Å²) in [7, 11) is 1.83. The lowest BCUT2D eigenvalue weighted by atomic mass is 10.1. The molecule has 1 amide bonds. The summed E-state index contributed by atoms with van der Waals surface area (Å²) in [4.78, 5) is 15.8. The van der Waals surface area contributed by atoms with E-state index in [4.69, 9.17) is 4.42 Å². The van der Waals surface area contributed by atoms with E-state index < -0.39 is 0 Å². The molecule has 0 aliphatic heterocycles. The van der Waals surface area contributed by atoms with Gasteiger partial charge in [0.05, 0.1) is 6.20 Å². The maximum absolute atomic E-state index is 11.9. The zero-order valence-corrected chi connectivity index (χ0v) is 12.2. The maximum Gasteiger partial charge on any atom is 0.228 e. The second-order valence-corrected chi connectivity index (χ2v) is 4.39. The molecule has 1 atom stereocenters. The summed E-state index contributed by atoms with van der Waals surface area (Å²) >= 11 is 0. The smallest absolute Gasteiger partial charge is 0.228 e. The minimum atomic E-state index is -0.0843. The van der Waals surface area contributed by atoms with Crippen molar-refractivity contribution in [1.82, 2.24) is 10.3 Å². The van der Waals surface area contributed by atoms with Crippen LogP contribution in [0.25, 0.3) is 11.3 Å². The van der Waals surface area contributed by atoms with E-state index in [9.17, 15) is 4.79 Å². The Balaban J connectivity index is 0.00000200. The molecule has 0 aliphatic rings. The lowest BCUT2D eigenvalue weighted by Gasteiger charge is -2.12. The normalized spacial score (nSPS) is 11.5. The van der Waals surface area contributed by atoms with E-state index in [1.165, 1.54) is 6.39 Å². The highest BCUT2D eigenvalue weighted by Crippen LogP contribution is 2.22. The van der Waals surface area contributed by atoms with Gasteiger partial charge in [0.2, 0.25) is 5.91 Å². The summed E-state index contributed by atoms with van der Waals surface area (Å²) in [5.41, 5.74) is 1.64. The molecule has 108 valence electrons. The van der Waals surface area contributed by atoms with Crippen molar-refractivity contribution >= 4 is 24.0 Å². The lowest BCUT2D eigenvalue weighted by molar-refractivity contribution is -0.119. The van der Waals surface area contributed by atoms with E-state index in [0.717, 1.165) is 11.3 Å². The number of benzene rings is 1. The summed E-state index contributed by atoms with van der Waals surface area (Å²) < 4.78 is 5.23. The molecule has 1 aromatic heterocycles. The van der Waals surface area contributed by atoms with Crippen molar-refractivity contribution in [1.29, 1.82) is 0 Å². The Morgan fingerprint density at radius 1 is 1.45 bits per heavy atom. The van der Waals surface area contributed by atoms with Gasteiger partial charge in [-0.2, -0.15) is 0 Å². The second kappa shape index (κ2) is 7.67. The molecule has 0 saturated carbocycles. The largest absolute Gasteiger partial charge is 0.444 e. The van der Waals surface area contributed by atoms with Gasteiger partial charge >= 0.3 is 0 Å². The number of amides is 1. The van der Waals surface area contributed by atoms with E-state index in [-0.39, 0.29) is 24.2 Å². The molecule has 1 aromatic carbocycles. The van der Waals surface area contributed by atoms with Crippen LogP contribution in [-0.4, -0.2) is 24.5 Å². The quantitative estimate of drug-likeness (QED) is 0.889. The van der Waals surface area contributed by atoms with Crippen molar-refractivity contribution in [2.45, 2.75) is 6.92 Å². The number of carbonyl (C=O) groups is 1. The van der Waals surface area contributed by atoms with E-state index >= 15 is 0 Å². The van der Waals surface area contributed by atoms with Gasteiger partial charge in [-0.25, -0.2) is 4.98 Å². The van der Waals surface area contributed by atoms with Gasteiger partial charge in [-0.15, -0.1) is 12.4 Å². The average molecular weight is 296 g/mol. The van der Waals surface area contributed by atoms with Gasteiger partial charge < -0.3 is 15.1 Å². The van der Waals surface area contributed by atoms with Gasteiger partial charge in [-0.3, -0.25) is 4.79 Å². The SMILES string of the molecule is CNCC(C)C(=O)Nc1cccc(-c2cnco2)c1.Cl. The molecule has 0 spiro atoms. The van der Waals surface area contributed by atoms with Crippen LogP contribution in [-0.2, 0) is 4.79 Å². The van der Waals surface area contributed by atoms with Gasteiger partial charge in [-0.1, -0.05) is 19.1 Å². The molecule has 1 unspecified atom stereocenters. The molecular weight excluding hydrogens is 278 g/mol. The van der Waals surface area contributed by atoms with Crippen molar-refractivity contribution in [3.63, 3.8) is 0 Å². The van der Waals surface area contributed by atoms with Crippen LogP contribution in [0.5, 0.6) is 0 Å². The number of rotatable bonds is 5. The fraction of sp³-hybridized carbons (Fsp3) is 0.286. The Hall–Kier alpha value is -1.85. The first-order valence-corrected chi connectivity index (χ1v) is 6.15. The summed E-state index contributed by atoms with van der Waals surface area (Å²) in [6.07, 6.45) is 3.03. The average Bonchev–Trinajstić information content (AvgIpc) is 2.93. The molecule has 0 radical (unpaired) electrons. The second-order valence-electron chi connectivity index (χ2n) is 4.39. The molecule has 6 heteroatoms. The first-order valence-electron chi connectivity index (χ1n) is 6.15. The van der Waals surface area contributed by atoms with Crippen LogP contribution in [0.3, 0.4) is 0 Å². The van der Waals surface area contributed by atoms with Crippen molar-refractivity contribution in [3.8, 4) is 11.3 Å². The summed E-state index contributed by atoms with van der Waals surface area (Å²) in [6, 6.07) is 7.50. The predicted octanol–water partition coefficient (Wildman–Crippen LogP) is 2.56. The van der Waals surface area contributed by atoms with Gasteiger partial charge in [-0.05, 0) is 19.2 Å². The van der Waals surface area contributed by atoms with E-state index in [1.54, 1.807) is 6.20 Å². The molecule has 0 saturated heterocycles. The third-order valence-electron chi connectivity index (χ3n) is 2.80. The van der Waals surface area contributed by atoms with Crippen molar-refractivity contribution < 1.29 is 9.21 Å². The molecule has 0 bridgehead atoms. The Bertz CT molecular complexity index is 543. The van der Waals surface area contributed by atoms with E-state index in [2.05, 4.69) is 15.6 Å². The van der Waals surface area contributed by atoms with Gasteiger partial charge in [0, 0.05) is 23.7 Å². The Labute approximate surface area is 124 Å². The predicted molar refractivity (Wildman–Crippen MR) is 80.9 cm³/mol. The zero-order chi connectivity index (χ0) is 13.7. The standard InChI is InChI=1S/C14H17N3O2.ClH/c1-10(7-15-2)14(18)17-12-5-3-4-11(6-12)13-8-16-9-19-13;/h3-6,8-10,15H,7H2,1-2H3,(H,17,18);1H. The summed E-state index contributed by atoms with van der Waals surface area (Å²) in [6.45, 7) is 2.53. The van der Waals surface area contributed by atoms with Gasteiger partial charge in [0.25, 0.3) is 0 Å². The molecule has 2 N–H and O–H groups in total. The minimum Gasteiger partial charge on any atom is -0.444 e. The van der Waals surface area contributed by atoms with Gasteiger partial charge in [0.15, 0.2) is 12.2 Å². The Morgan fingerprint density at radius 2 is 2.25 bits per heavy atom. The number of oxazole rings is 1. The third-order valence-corrected chi connectivity index (χ3v) is 2.80. The highest BCUT2D eigenvalue weighted by Gasteiger charge is 2.12. The Kier molecular flexibility index (Phi) is 6.21. The fourth-order valence-corrected chi connectivity index (χ4v) is 1.77. The Morgan fingerprint density at radius 3 is 2.90 bits per heavy atom. The molecule has 2 aromatic rings. The van der Waals surface area contributed by atoms with Crippen LogP contribution in [0.15, 0.2) is 41.3 Å². The first-order chi connectivity index (χ1) is 9.20. The third kappa shape index (κ3) is 4.08. The highest BCUT2D eigenvalue weighted by molar-refractivity contribution is 5.93. The van der Waals surface area contributed by atoms with Crippen LogP contribution >= 0.6 is 12.4 Å². The monoisotopic (exact) mass is 295 g/mol. The highest BCUT2D eigenvalue weighted by atomic mass is 35.5. The number of hydrogen-bond donors (Lipinski definition) is 2. The number of nitrogens with one attached hydrogen (secondary N) is 2. The number of carbonyl (C=O) groups excluding carboxylic acids is 1. The number of halogens is 1. The lowest BCUT2D eigenvalue weighted by Crippen LogP contribution is -2.28. The van der Waals surface area contributed by atoms with Crippen LogP contribution in [0.2, 0.25) is 0 Å². The molecule has 20 heavy (non-hydrogen) atoms. The van der Waals surface area contributed by atoms with E-state index in [0.29, 0.717) is 12.3 Å². The molecule has 0 fully saturated rings. The van der Waals surface area contributed by atoms with E-state index in [1.807, 2.05) is 38.2 Å². The van der Waals surface area contributed by atoms with Gasteiger partial charge in [0.1, 0.15) is 0 Å². The number of nitrogens with zero attached hydrogens (tertiary/aromatic N) is 1. The topological polar surface area (TPSA) is 67.2 Å². The van der Waals surface area contributed by atoms with Crippen molar-refractivity contribution in [2.75, 3.05) is 18.9 Å². The van der Waals surface area contributed by atoms with Crippen LogP contribution in [0.1, 0.15) is 6.92 Å². The number of aromatic nitrogens is 1. The molecular formula is C14H18ClN3O2. The first kappa shape index (κ1) is 16.2. The molecule has 1 heterocycles. The fourth-order valence-electron chi connectivity index (χ4n) is 1.77. The molecule has 2 rings (SSSR count).